The Kier molecular flexibility index (Phi) is 4.10. The van der Waals surface area contributed by atoms with Gasteiger partial charge >= 0.3 is 5.97 Å². The maximum Gasteiger partial charge on any atom is 0.342 e. The van der Waals surface area contributed by atoms with E-state index in [0.29, 0.717) is 0 Å². The summed E-state index contributed by atoms with van der Waals surface area (Å²) in [5.74, 6) is -0.897. The summed E-state index contributed by atoms with van der Waals surface area (Å²) in [5.41, 5.74) is 0.0150. The SMILES string of the molecule is CCOC(=O)c1cc(F)cc(OC)c1OC. The average molecular weight is 228 g/mol. The molecule has 1 aromatic rings. The van der Waals surface area contributed by atoms with Gasteiger partial charge in [-0.25, -0.2) is 9.18 Å². The number of esters is 1. The third-order valence-electron chi connectivity index (χ3n) is 1.94. The highest BCUT2D eigenvalue weighted by Crippen LogP contribution is 2.32. The van der Waals surface area contributed by atoms with Crippen molar-refractivity contribution in [3.05, 3.63) is 23.5 Å². The summed E-state index contributed by atoms with van der Waals surface area (Å²) in [6.45, 7) is 1.88. The number of carbonyl (C=O) groups excluding carboxylic acids is 1. The van der Waals surface area contributed by atoms with Crippen LogP contribution in [-0.2, 0) is 4.74 Å². The molecule has 0 radical (unpaired) electrons. The van der Waals surface area contributed by atoms with Crippen LogP contribution in [0.25, 0.3) is 0 Å². The highest BCUT2D eigenvalue weighted by atomic mass is 19.1. The van der Waals surface area contributed by atoms with Crippen LogP contribution in [0.3, 0.4) is 0 Å². The fraction of sp³-hybridized carbons (Fsp3) is 0.364. The van der Waals surface area contributed by atoms with Crippen LogP contribution < -0.4 is 9.47 Å². The smallest absolute Gasteiger partial charge is 0.342 e. The van der Waals surface area contributed by atoms with Gasteiger partial charge in [0.05, 0.1) is 20.8 Å². The van der Waals surface area contributed by atoms with Crippen LogP contribution in [0.1, 0.15) is 17.3 Å². The van der Waals surface area contributed by atoms with Gasteiger partial charge in [0, 0.05) is 6.07 Å². The van der Waals surface area contributed by atoms with Gasteiger partial charge in [-0.2, -0.15) is 0 Å². The summed E-state index contributed by atoms with van der Waals surface area (Å²) in [6, 6.07) is 2.20. The van der Waals surface area contributed by atoms with Gasteiger partial charge in [0.15, 0.2) is 11.5 Å². The van der Waals surface area contributed by atoms with E-state index < -0.39 is 11.8 Å². The fourth-order valence-electron chi connectivity index (χ4n) is 1.29. The van der Waals surface area contributed by atoms with E-state index >= 15 is 0 Å². The van der Waals surface area contributed by atoms with E-state index in [-0.39, 0.29) is 23.7 Å². The van der Waals surface area contributed by atoms with E-state index in [2.05, 4.69) is 0 Å². The molecule has 16 heavy (non-hydrogen) atoms. The highest BCUT2D eigenvalue weighted by Gasteiger charge is 2.19. The number of ether oxygens (including phenoxy) is 3. The molecule has 0 amide bonds. The normalized spacial score (nSPS) is 9.75. The number of rotatable bonds is 4. The second-order valence-corrected chi connectivity index (χ2v) is 2.91. The van der Waals surface area contributed by atoms with E-state index in [0.717, 1.165) is 12.1 Å². The zero-order chi connectivity index (χ0) is 12.1. The molecule has 0 bridgehead atoms. The van der Waals surface area contributed by atoms with Gasteiger partial charge in [0.25, 0.3) is 0 Å². The summed E-state index contributed by atoms with van der Waals surface area (Å²) < 4.78 is 27.9. The Morgan fingerprint density at radius 2 is 2.00 bits per heavy atom. The fourth-order valence-corrected chi connectivity index (χ4v) is 1.29. The first-order chi connectivity index (χ1) is 7.63. The Balaban J connectivity index is 3.24. The van der Waals surface area contributed by atoms with Gasteiger partial charge < -0.3 is 14.2 Å². The van der Waals surface area contributed by atoms with Gasteiger partial charge in [-0.15, -0.1) is 0 Å². The summed E-state index contributed by atoms with van der Waals surface area (Å²) in [5, 5.41) is 0. The molecule has 0 atom stereocenters. The van der Waals surface area contributed by atoms with Crippen LogP contribution in [0, 0.1) is 5.82 Å². The van der Waals surface area contributed by atoms with Crippen molar-refractivity contribution in [2.45, 2.75) is 6.92 Å². The first-order valence-corrected chi connectivity index (χ1v) is 4.72. The molecule has 1 rings (SSSR count). The van der Waals surface area contributed by atoms with Crippen LogP contribution in [0.5, 0.6) is 11.5 Å². The maximum atomic E-state index is 13.2. The predicted octanol–water partition coefficient (Wildman–Crippen LogP) is 2.02. The quantitative estimate of drug-likeness (QED) is 0.739. The number of halogens is 1. The Morgan fingerprint density at radius 3 is 2.50 bits per heavy atom. The lowest BCUT2D eigenvalue weighted by atomic mass is 10.2. The van der Waals surface area contributed by atoms with E-state index in [9.17, 15) is 9.18 Å². The lowest BCUT2D eigenvalue weighted by Gasteiger charge is -2.11. The van der Waals surface area contributed by atoms with Crippen molar-refractivity contribution >= 4 is 5.97 Å². The standard InChI is InChI=1S/C11H13FO4/c1-4-16-11(13)8-5-7(12)6-9(14-2)10(8)15-3/h5-6H,4H2,1-3H3. The van der Waals surface area contributed by atoms with Crippen LogP contribution in [0.15, 0.2) is 12.1 Å². The van der Waals surface area contributed by atoms with Gasteiger partial charge in [-0.1, -0.05) is 0 Å². The van der Waals surface area contributed by atoms with Crippen LogP contribution in [-0.4, -0.2) is 26.8 Å². The lowest BCUT2D eigenvalue weighted by Crippen LogP contribution is -2.08. The van der Waals surface area contributed by atoms with Crippen LogP contribution in [0.4, 0.5) is 4.39 Å². The molecule has 0 spiro atoms. The first kappa shape index (κ1) is 12.3. The molecule has 0 aliphatic rings. The molecule has 0 unspecified atom stereocenters. The van der Waals surface area contributed by atoms with Crippen molar-refractivity contribution in [2.24, 2.45) is 0 Å². The molecule has 0 heterocycles. The molecule has 0 aromatic heterocycles. The zero-order valence-corrected chi connectivity index (χ0v) is 9.37. The Labute approximate surface area is 92.9 Å². The minimum Gasteiger partial charge on any atom is -0.493 e. The van der Waals surface area contributed by atoms with E-state index in [1.165, 1.54) is 14.2 Å². The lowest BCUT2D eigenvalue weighted by molar-refractivity contribution is 0.0521. The van der Waals surface area contributed by atoms with Crippen LogP contribution in [0.2, 0.25) is 0 Å². The number of methoxy groups -OCH3 is 2. The summed E-state index contributed by atoms with van der Waals surface area (Å²) in [6.07, 6.45) is 0. The second kappa shape index (κ2) is 5.34. The van der Waals surface area contributed by atoms with Crippen molar-refractivity contribution in [1.82, 2.24) is 0 Å². The summed E-state index contributed by atoms with van der Waals surface area (Å²) >= 11 is 0. The van der Waals surface area contributed by atoms with Gasteiger partial charge in [-0.3, -0.25) is 0 Å². The Hall–Kier alpha value is -1.78. The molecule has 0 saturated heterocycles. The van der Waals surface area contributed by atoms with Gasteiger partial charge in [0.2, 0.25) is 0 Å². The molecule has 0 aliphatic heterocycles. The maximum absolute atomic E-state index is 13.2. The van der Waals surface area contributed by atoms with Crippen molar-refractivity contribution in [1.29, 1.82) is 0 Å². The Bertz CT molecular complexity index is 390. The molecule has 88 valence electrons. The molecule has 1 aromatic carbocycles. The molecule has 0 N–H and O–H groups in total. The molecule has 5 heteroatoms. The molecule has 0 fully saturated rings. The predicted molar refractivity (Wildman–Crippen MR) is 55.5 cm³/mol. The van der Waals surface area contributed by atoms with Gasteiger partial charge in [0.1, 0.15) is 11.4 Å². The molecular formula is C11H13FO4. The number of hydrogen-bond acceptors (Lipinski definition) is 4. The minimum atomic E-state index is -0.642. The summed E-state index contributed by atoms with van der Waals surface area (Å²) in [4.78, 5) is 11.5. The molecule has 0 saturated carbocycles. The van der Waals surface area contributed by atoms with E-state index in [1.807, 2.05) is 0 Å². The highest BCUT2D eigenvalue weighted by molar-refractivity contribution is 5.93. The van der Waals surface area contributed by atoms with Gasteiger partial charge in [-0.05, 0) is 13.0 Å². The second-order valence-electron chi connectivity index (χ2n) is 2.91. The molecular weight excluding hydrogens is 215 g/mol. The summed E-state index contributed by atoms with van der Waals surface area (Å²) in [7, 11) is 2.74. The van der Waals surface area contributed by atoms with Crippen molar-refractivity contribution < 1.29 is 23.4 Å². The minimum absolute atomic E-state index is 0.0150. The number of benzene rings is 1. The van der Waals surface area contributed by atoms with Crippen molar-refractivity contribution in [3.8, 4) is 11.5 Å². The number of carbonyl (C=O) groups is 1. The average Bonchev–Trinajstić information content (AvgIpc) is 2.28. The van der Waals surface area contributed by atoms with E-state index in [4.69, 9.17) is 14.2 Å². The molecule has 4 nitrogen and oxygen atoms in total. The topological polar surface area (TPSA) is 44.8 Å². The first-order valence-electron chi connectivity index (χ1n) is 4.72. The van der Waals surface area contributed by atoms with Crippen molar-refractivity contribution in [3.63, 3.8) is 0 Å². The Morgan fingerprint density at radius 1 is 1.31 bits per heavy atom. The van der Waals surface area contributed by atoms with Crippen molar-refractivity contribution in [2.75, 3.05) is 20.8 Å². The largest absolute Gasteiger partial charge is 0.493 e. The van der Waals surface area contributed by atoms with Crippen LogP contribution >= 0.6 is 0 Å². The zero-order valence-electron chi connectivity index (χ0n) is 9.37. The molecule has 0 aliphatic carbocycles. The monoisotopic (exact) mass is 228 g/mol. The third-order valence-corrected chi connectivity index (χ3v) is 1.94. The van der Waals surface area contributed by atoms with E-state index in [1.54, 1.807) is 6.92 Å². The third kappa shape index (κ3) is 2.42. The number of hydrogen-bond donors (Lipinski definition) is 0.